The second kappa shape index (κ2) is 6.57. The van der Waals surface area contributed by atoms with Crippen molar-refractivity contribution in [1.82, 2.24) is 10.0 Å². The second-order valence-electron chi connectivity index (χ2n) is 6.89. The van der Waals surface area contributed by atoms with Gasteiger partial charge in [-0.1, -0.05) is 24.3 Å². The molecule has 0 saturated carbocycles. The fourth-order valence-corrected chi connectivity index (χ4v) is 4.26. The van der Waals surface area contributed by atoms with E-state index in [1.54, 1.807) is 12.1 Å². The van der Waals surface area contributed by atoms with Crippen LogP contribution in [0, 0.1) is 5.92 Å². The molecular formula is C21H22N2O3. The summed E-state index contributed by atoms with van der Waals surface area (Å²) >= 11 is 0. The average molecular weight is 350 g/mol. The molecule has 4 rings (SSSR count). The molecule has 26 heavy (non-hydrogen) atoms. The quantitative estimate of drug-likeness (QED) is 0.799. The van der Waals surface area contributed by atoms with Crippen molar-refractivity contribution < 1.29 is 14.3 Å². The number of fused-ring (bicyclic) bond motifs is 3. The second-order valence-corrected chi connectivity index (χ2v) is 6.89. The van der Waals surface area contributed by atoms with Crippen molar-refractivity contribution in [2.24, 2.45) is 5.92 Å². The van der Waals surface area contributed by atoms with Gasteiger partial charge in [-0.15, -0.1) is 0 Å². The molecule has 0 aliphatic carbocycles. The molecule has 0 bridgehead atoms. The van der Waals surface area contributed by atoms with Crippen LogP contribution in [-0.4, -0.2) is 41.9 Å². The normalized spacial score (nSPS) is 24.7. The third-order valence-corrected chi connectivity index (χ3v) is 5.57. The molecule has 5 nitrogen and oxygen atoms in total. The molecule has 2 aromatic rings. The Morgan fingerprint density at radius 3 is 2.65 bits per heavy atom. The van der Waals surface area contributed by atoms with Crippen LogP contribution in [0.25, 0.3) is 0 Å². The predicted octanol–water partition coefficient (Wildman–Crippen LogP) is 2.87. The number of nitrogens with zero attached hydrogens (tertiary/aromatic N) is 2. The van der Waals surface area contributed by atoms with Crippen molar-refractivity contribution in [1.29, 1.82) is 0 Å². The molecule has 2 aliphatic heterocycles. The van der Waals surface area contributed by atoms with E-state index in [-0.39, 0.29) is 23.9 Å². The first-order chi connectivity index (χ1) is 12.7. The van der Waals surface area contributed by atoms with Gasteiger partial charge in [0, 0.05) is 12.1 Å². The minimum atomic E-state index is -0.255. The number of benzene rings is 2. The summed E-state index contributed by atoms with van der Waals surface area (Å²) < 4.78 is 5.34. The molecule has 2 aliphatic rings. The van der Waals surface area contributed by atoms with Crippen molar-refractivity contribution >= 4 is 12.2 Å². The number of hydrogen-bond donors (Lipinski definition) is 0. The van der Waals surface area contributed by atoms with Gasteiger partial charge in [0.05, 0.1) is 25.1 Å². The van der Waals surface area contributed by atoms with Gasteiger partial charge in [0.15, 0.2) is 0 Å². The highest BCUT2D eigenvalue weighted by Crippen LogP contribution is 2.45. The van der Waals surface area contributed by atoms with Crippen LogP contribution in [0.15, 0.2) is 48.5 Å². The van der Waals surface area contributed by atoms with Crippen LogP contribution in [0.1, 0.15) is 34.5 Å². The zero-order chi connectivity index (χ0) is 18.3. The number of carbonyl (C=O) groups excluding carboxylic acids is 2. The number of ether oxygens (including phenoxy) is 1. The number of carbonyl (C=O) groups is 2. The number of aldehydes is 1. The standard InChI is InChI=1S/C21H22N2O3/c1-14-19(13-24)20-18-9-8-17(26-2)12-16(18)10-11-22(20)23(14)21(25)15-6-4-3-5-7-15/h3-9,12-14,19-20H,10-11H2,1-2H3/t14-,19-,20+/m0/s1. The molecule has 0 spiro atoms. The van der Waals surface area contributed by atoms with Crippen molar-refractivity contribution in [3.8, 4) is 5.75 Å². The van der Waals surface area contributed by atoms with Gasteiger partial charge in [-0.25, -0.2) is 5.01 Å². The first-order valence-electron chi connectivity index (χ1n) is 8.93. The van der Waals surface area contributed by atoms with Crippen LogP contribution in [-0.2, 0) is 11.2 Å². The highest BCUT2D eigenvalue weighted by atomic mass is 16.5. The van der Waals surface area contributed by atoms with E-state index in [0.29, 0.717) is 12.1 Å². The van der Waals surface area contributed by atoms with Crippen LogP contribution in [0.3, 0.4) is 0 Å². The van der Waals surface area contributed by atoms with Crippen molar-refractivity contribution in [3.63, 3.8) is 0 Å². The molecule has 0 N–H and O–H groups in total. The maximum atomic E-state index is 13.1. The molecule has 0 unspecified atom stereocenters. The van der Waals surface area contributed by atoms with Gasteiger partial charge in [0.1, 0.15) is 12.0 Å². The van der Waals surface area contributed by atoms with Gasteiger partial charge in [-0.2, -0.15) is 0 Å². The lowest BCUT2D eigenvalue weighted by Crippen LogP contribution is -2.47. The third kappa shape index (κ3) is 2.51. The molecule has 2 aromatic carbocycles. The zero-order valence-electron chi connectivity index (χ0n) is 15.0. The summed E-state index contributed by atoms with van der Waals surface area (Å²) in [6, 6.07) is 15.0. The van der Waals surface area contributed by atoms with Crippen LogP contribution < -0.4 is 4.74 Å². The summed E-state index contributed by atoms with van der Waals surface area (Å²) in [6.07, 6.45) is 1.82. The Labute approximate surface area is 153 Å². The molecule has 2 heterocycles. The Morgan fingerprint density at radius 1 is 1.19 bits per heavy atom. The molecule has 134 valence electrons. The largest absolute Gasteiger partial charge is 0.497 e. The fourth-order valence-electron chi connectivity index (χ4n) is 4.26. The topological polar surface area (TPSA) is 49.9 Å². The molecule has 1 amide bonds. The maximum absolute atomic E-state index is 13.1. The highest BCUT2D eigenvalue weighted by molar-refractivity contribution is 5.94. The van der Waals surface area contributed by atoms with E-state index in [1.807, 2.05) is 55.5 Å². The molecule has 3 atom stereocenters. The Hall–Kier alpha value is -2.66. The van der Waals surface area contributed by atoms with Crippen molar-refractivity contribution in [2.75, 3.05) is 13.7 Å². The van der Waals surface area contributed by atoms with Crippen molar-refractivity contribution in [3.05, 3.63) is 65.2 Å². The summed E-state index contributed by atoms with van der Waals surface area (Å²) in [7, 11) is 1.66. The zero-order valence-corrected chi connectivity index (χ0v) is 15.0. The van der Waals surface area contributed by atoms with Gasteiger partial charge in [-0.3, -0.25) is 9.80 Å². The van der Waals surface area contributed by atoms with Crippen LogP contribution in [0.2, 0.25) is 0 Å². The monoisotopic (exact) mass is 350 g/mol. The fraction of sp³-hybridized carbons (Fsp3) is 0.333. The van der Waals surface area contributed by atoms with Crippen LogP contribution in [0.5, 0.6) is 5.75 Å². The van der Waals surface area contributed by atoms with E-state index in [9.17, 15) is 9.59 Å². The van der Waals surface area contributed by atoms with Gasteiger partial charge < -0.3 is 9.53 Å². The van der Waals surface area contributed by atoms with E-state index < -0.39 is 0 Å². The summed E-state index contributed by atoms with van der Waals surface area (Å²) in [4.78, 5) is 25.1. The summed E-state index contributed by atoms with van der Waals surface area (Å²) in [6.45, 7) is 2.67. The van der Waals surface area contributed by atoms with E-state index in [0.717, 1.165) is 24.0 Å². The van der Waals surface area contributed by atoms with Gasteiger partial charge in [0.2, 0.25) is 0 Å². The SMILES string of the molecule is COc1ccc2c(c1)CCN1[C@H]2[C@@H](C=O)[C@H](C)N1C(=O)c1ccccc1. The lowest BCUT2D eigenvalue weighted by Gasteiger charge is -2.37. The number of rotatable bonds is 3. The van der Waals surface area contributed by atoms with E-state index in [1.165, 1.54) is 5.56 Å². The third-order valence-electron chi connectivity index (χ3n) is 5.57. The van der Waals surface area contributed by atoms with E-state index in [2.05, 4.69) is 5.01 Å². The van der Waals surface area contributed by atoms with Crippen LogP contribution in [0.4, 0.5) is 0 Å². The Bertz CT molecular complexity index is 836. The number of amides is 1. The molecule has 1 fully saturated rings. The summed E-state index contributed by atoms with van der Waals surface area (Å²) in [5.41, 5.74) is 2.95. The lowest BCUT2D eigenvalue weighted by atomic mass is 9.85. The molecule has 0 aromatic heterocycles. The highest BCUT2D eigenvalue weighted by Gasteiger charge is 2.50. The minimum absolute atomic E-state index is 0.0515. The first kappa shape index (κ1) is 16.8. The predicted molar refractivity (Wildman–Crippen MR) is 97.8 cm³/mol. The first-order valence-corrected chi connectivity index (χ1v) is 8.93. The van der Waals surface area contributed by atoms with Gasteiger partial charge in [0.25, 0.3) is 5.91 Å². The Balaban J connectivity index is 1.74. The minimum Gasteiger partial charge on any atom is -0.497 e. The number of hydrazine groups is 1. The maximum Gasteiger partial charge on any atom is 0.268 e. The van der Waals surface area contributed by atoms with Gasteiger partial charge >= 0.3 is 0 Å². The smallest absolute Gasteiger partial charge is 0.268 e. The Kier molecular flexibility index (Phi) is 4.24. The lowest BCUT2D eigenvalue weighted by molar-refractivity contribution is -0.112. The van der Waals surface area contributed by atoms with Gasteiger partial charge in [-0.05, 0) is 48.7 Å². The number of methoxy groups -OCH3 is 1. The van der Waals surface area contributed by atoms with E-state index in [4.69, 9.17) is 4.74 Å². The van der Waals surface area contributed by atoms with Crippen LogP contribution >= 0.6 is 0 Å². The molecule has 0 radical (unpaired) electrons. The average Bonchev–Trinajstić information content (AvgIpc) is 2.99. The number of hydrogen-bond acceptors (Lipinski definition) is 4. The summed E-state index contributed by atoms with van der Waals surface area (Å²) in [5, 5.41) is 3.86. The molecular weight excluding hydrogens is 328 g/mol. The summed E-state index contributed by atoms with van der Waals surface area (Å²) in [5.74, 6) is 0.516. The Morgan fingerprint density at radius 2 is 1.96 bits per heavy atom. The molecule has 5 heteroatoms. The van der Waals surface area contributed by atoms with Crippen molar-refractivity contribution in [2.45, 2.75) is 25.4 Å². The molecule has 1 saturated heterocycles. The van der Waals surface area contributed by atoms with E-state index >= 15 is 0 Å².